The monoisotopic (exact) mass is 772 g/mol. The van der Waals surface area contributed by atoms with Crippen LogP contribution in [0.1, 0.15) is 245 Å². The summed E-state index contributed by atoms with van der Waals surface area (Å²) < 4.78 is 12.8. The van der Waals surface area contributed by atoms with Crippen LogP contribution in [-0.4, -0.2) is 49.5 Å². The van der Waals surface area contributed by atoms with Gasteiger partial charge in [-0.1, -0.05) is 220 Å². The lowest BCUT2D eigenvalue weighted by molar-refractivity contribution is 0.165. The second kappa shape index (κ2) is 40.9. The molecular formula is C51H97NO3. The third-order valence-corrected chi connectivity index (χ3v) is 12.0. The summed E-state index contributed by atoms with van der Waals surface area (Å²) in [5.41, 5.74) is 1.34. The topological polar surface area (TPSA) is 41.9 Å². The number of aryl methyl sites for hydroxylation is 1. The molecule has 0 saturated carbocycles. The molecule has 55 heavy (non-hydrogen) atoms. The van der Waals surface area contributed by atoms with Gasteiger partial charge < -0.3 is 14.6 Å². The molecule has 0 aliphatic heterocycles. The lowest BCUT2D eigenvalue weighted by Gasteiger charge is -2.22. The second-order valence-electron chi connectivity index (χ2n) is 17.2. The molecule has 0 heterocycles. The molecule has 0 saturated heterocycles. The number of aliphatic hydroxyl groups excluding tert-OH is 1. The van der Waals surface area contributed by atoms with Crippen molar-refractivity contribution in [3.8, 4) is 11.5 Å². The summed E-state index contributed by atoms with van der Waals surface area (Å²) >= 11 is 0. The van der Waals surface area contributed by atoms with Crippen LogP contribution in [0.25, 0.3) is 0 Å². The lowest BCUT2D eigenvalue weighted by atomic mass is 10.0. The molecule has 1 rings (SSSR count). The smallest absolute Gasteiger partial charge is 0.123 e. The molecule has 0 spiro atoms. The highest BCUT2D eigenvalue weighted by atomic mass is 16.5. The zero-order chi connectivity index (χ0) is 39.7. The molecule has 1 aromatic rings. The Morgan fingerprint density at radius 2 is 0.873 bits per heavy atom. The predicted molar refractivity (Wildman–Crippen MR) is 243 cm³/mol. The van der Waals surface area contributed by atoms with E-state index < -0.39 is 0 Å². The number of nitrogens with zero attached hydrogens (tertiary/aromatic N) is 1. The van der Waals surface area contributed by atoms with Gasteiger partial charge in [0.1, 0.15) is 18.1 Å². The fourth-order valence-corrected chi connectivity index (χ4v) is 8.05. The van der Waals surface area contributed by atoms with Crippen LogP contribution in [0.15, 0.2) is 18.2 Å². The Kier molecular flexibility index (Phi) is 38.5. The number of ether oxygens (including phenoxy) is 2. The number of hydrogen-bond donors (Lipinski definition) is 1. The van der Waals surface area contributed by atoms with Crippen LogP contribution in [0, 0.1) is 5.92 Å². The highest BCUT2D eigenvalue weighted by molar-refractivity contribution is 5.38. The van der Waals surface area contributed by atoms with Gasteiger partial charge in [0, 0.05) is 19.2 Å². The maximum absolute atomic E-state index is 9.76. The molecule has 1 N–H and O–H groups in total. The van der Waals surface area contributed by atoms with E-state index >= 15 is 0 Å². The van der Waals surface area contributed by atoms with Crippen molar-refractivity contribution in [2.75, 3.05) is 39.5 Å². The fourth-order valence-electron chi connectivity index (χ4n) is 8.05. The highest BCUT2D eigenvalue weighted by Gasteiger charge is 2.11. The first kappa shape index (κ1) is 51.8. The number of unbranched alkanes of at least 4 members (excludes halogenated alkanes) is 28. The van der Waals surface area contributed by atoms with Gasteiger partial charge in [0.05, 0.1) is 13.2 Å². The van der Waals surface area contributed by atoms with Gasteiger partial charge in [0.15, 0.2) is 0 Å². The normalized spacial score (nSPS) is 12.2. The quantitative estimate of drug-likeness (QED) is 0.0671. The summed E-state index contributed by atoms with van der Waals surface area (Å²) in [4.78, 5) is 2.39. The first-order valence-electron chi connectivity index (χ1n) is 24.9. The highest BCUT2D eigenvalue weighted by Crippen LogP contribution is 2.26. The van der Waals surface area contributed by atoms with Crippen LogP contribution in [-0.2, 0) is 6.42 Å². The fraction of sp³-hybridized carbons (Fsp3) is 0.882. The van der Waals surface area contributed by atoms with E-state index in [1.807, 2.05) is 0 Å². The van der Waals surface area contributed by atoms with Crippen LogP contribution in [0.3, 0.4) is 0 Å². The van der Waals surface area contributed by atoms with Gasteiger partial charge >= 0.3 is 0 Å². The summed E-state index contributed by atoms with van der Waals surface area (Å²) in [5.74, 6) is 2.53. The van der Waals surface area contributed by atoms with Crippen LogP contribution in [0.5, 0.6) is 11.5 Å². The van der Waals surface area contributed by atoms with Crippen molar-refractivity contribution < 1.29 is 14.6 Å². The first-order valence-corrected chi connectivity index (χ1v) is 24.9. The van der Waals surface area contributed by atoms with E-state index in [2.05, 4.69) is 50.8 Å². The molecule has 0 bridgehead atoms. The van der Waals surface area contributed by atoms with E-state index in [-0.39, 0.29) is 6.61 Å². The summed E-state index contributed by atoms with van der Waals surface area (Å²) in [7, 11) is 0. The SMILES string of the molecule is CCCCCCCCCCCCCCCCCCN(CCO)CCOc1cc(CCCCCCCCCCCCCCC)cc(OCC(CC)CCCC)c1. The molecule has 0 aliphatic carbocycles. The van der Waals surface area contributed by atoms with Gasteiger partial charge in [-0.25, -0.2) is 0 Å². The first-order chi connectivity index (χ1) is 27.2. The Morgan fingerprint density at radius 1 is 0.455 bits per heavy atom. The molecule has 1 aromatic carbocycles. The van der Waals surface area contributed by atoms with E-state index in [0.717, 1.165) is 44.2 Å². The Morgan fingerprint density at radius 3 is 1.31 bits per heavy atom. The molecule has 4 heteroatoms. The zero-order valence-electron chi connectivity index (χ0n) is 37.8. The number of aliphatic hydroxyl groups is 1. The summed E-state index contributed by atoms with van der Waals surface area (Å²) in [6, 6.07) is 6.65. The minimum absolute atomic E-state index is 0.210. The third-order valence-electron chi connectivity index (χ3n) is 12.0. The molecule has 0 aromatic heterocycles. The van der Waals surface area contributed by atoms with E-state index in [1.54, 1.807) is 0 Å². The maximum atomic E-state index is 9.76. The lowest BCUT2D eigenvalue weighted by Crippen LogP contribution is -2.32. The van der Waals surface area contributed by atoms with Crippen molar-refractivity contribution in [3.63, 3.8) is 0 Å². The largest absolute Gasteiger partial charge is 0.493 e. The van der Waals surface area contributed by atoms with Crippen molar-refractivity contribution in [3.05, 3.63) is 23.8 Å². The molecule has 324 valence electrons. The third kappa shape index (κ3) is 33.4. The van der Waals surface area contributed by atoms with Gasteiger partial charge in [0.2, 0.25) is 0 Å². The summed E-state index contributed by atoms with van der Waals surface area (Å²) in [6.45, 7) is 13.5. The Hall–Kier alpha value is -1.26. The summed E-state index contributed by atoms with van der Waals surface area (Å²) in [5, 5.41) is 9.76. The van der Waals surface area contributed by atoms with Crippen molar-refractivity contribution in [1.29, 1.82) is 0 Å². The molecule has 0 fully saturated rings. The van der Waals surface area contributed by atoms with Crippen molar-refractivity contribution >= 4 is 0 Å². The molecule has 0 radical (unpaired) electrons. The molecule has 1 unspecified atom stereocenters. The van der Waals surface area contributed by atoms with Gasteiger partial charge in [-0.3, -0.25) is 4.90 Å². The van der Waals surface area contributed by atoms with Crippen LogP contribution in [0.2, 0.25) is 0 Å². The molecular weight excluding hydrogens is 675 g/mol. The average molecular weight is 772 g/mol. The Labute approximate surface area is 345 Å². The van der Waals surface area contributed by atoms with Crippen molar-refractivity contribution in [2.24, 2.45) is 5.92 Å². The van der Waals surface area contributed by atoms with Gasteiger partial charge in [-0.05, 0) is 55.8 Å². The van der Waals surface area contributed by atoms with E-state index in [4.69, 9.17) is 9.47 Å². The average Bonchev–Trinajstić information content (AvgIpc) is 3.19. The zero-order valence-corrected chi connectivity index (χ0v) is 37.8. The van der Waals surface area contributed by atoms with E-state index in [9.17, 15) is 5.11 Å². The number of rotatable bonds is 44. The summed E-state index contributed by atoms with van der Waals surface area (Å²) in [6.07, 6.45) is 46.4. The predicted octanol–water partition coefficient (Wildman–Crippen LogP) is 15.9. The molecule has 1 atom stereocenters. The number of hydrogen-bond acceptors (Lipinski definition) is 4. The van der Waals surface area contributed by atoms with Gasteiger partial charge in [-0.2, -0.15) is 0 Å². The molecule has 0 amide bonds. The minimum Gasteiger partial charge on any atom is -0.493 e. The minimum atomic E-state index is 0.210. The standard InChI is InChI=1S/C51H97NO3/c1-5-9-12-14-16-18-20-22-23-24-26-28-30-32-34-36-39-52(40-42-53)41-43-54-50-44-49(45-51(46-50)55-47-48(8-4)37-11-7-3)38-35-33-31-29-27-25-21-19-17-15-13-10-6-2/h44-46,48,53H,5-43,47H2,1-4H3. The van der Waals surface area contributed by atoms with Crippen LogP contribution < -0.4 is 9.47 Å². The van der Waals surface area contributed by atoms with E-state index in [0.29, 0.717) is 12.5 Å². The molecule has 4 nitrogen and oxygen atoms in total. The second-order valence-corrected chi connectivity index (χ2v) is 17.2. The Bertz CT molecular complexity index is 906. The molecule has 0 aliphatic rings. The van der Waals surface area contributed by atoms with E-state index in [1.165, 1.54) is 217 Å². The Balaban J connectivity index is 2.39. The number of benzene rings is 1. The maximum Gasteiger partial charge on any atom is 0.123 e. The van der Waals surface area contributed by atoms with Gasteiger partial charge in [0.25, 0.3) is 0 Å². The van der Waals surface area contributed by atoms with Gasteiger partial charge in [-0.15, -0.1) is 0 Å². The van der Waals surface area contributed by atoms with Crippen LogP contribution >= 0.6 is 0 Å². The van der Waals surface area contributed by atoms with Crippen molar-refractivity contribution in [1.82, 2.24) is 4.90 Å². The van der Waals surface area contributed by atoms with Crippen LogP contribution in [0.4, 0.5) is 0 Å². The van der Waals surface area contributed by atoms with Crippen molar-refractivity contribution in [2.45, 2.75) is 246 Å².